The van der Waals surface area contributed by atoms with Crippen LogP contribution in [0.15, 0.2) is 68.2 Å². The van der Waals surface area contributed by atoms with E-state index in [0.717, 1.165) is 0 Å². The van der Waals surface area contributed by atoms with Gasteiger partial charge in [-0.05, 0) is 118 Å². The second-order valence-corrected chi connectivity index (χ2v) is 24.7. The Morgan fingerprint density at radius 3 is 1.04 bits per heavy atom. The molecule has 0 fully saturated rings. The van der Waals surface area contributed by atoms with Gasteiger partial charge in [0.15, 0.2) is 0 Å². The van der Waals surface area contributed by atoms with Crippen molar-refractivity contribution in [1.82, 2.24) is 0 Å². The molecular weight excluding hydrogens is 929 g/mol. The molecule has 302 valence electrons. The topological polar surface area (TPSA) is 0 Å². The summed E-state index contributed by atoms with van der Waals surface area (Å²) < 4.78 is 2.41. The molecule has 6 heterocycles. The summed E-state index contributed by atoms with van der Waals surface area (Å²) in [5.74, 6) is 0. The molecule has 0 amide bonds. The molecule has 0 aliphatic heterocycles. The summed E-state index contributed by atoms with van der Waals surface area (Å²) in [6.07, 6.45) is 30.3. The maximum absolute atomic E-state index is 3.84. The van der Waals surface area contributed by atoms with Gasteiger partial charge in [-0.25, -0.2) is 0 Å². The normalized spacial score (nSPS) is 11.7. The Hall–Kier alpha value is -0.840. The summed E-state index contributed by atoms with van der Waals surface area (Å²) >= 11 is 19.3. The van der Waals surface area contributed by atoms with Crippen molar-refractivity contribution in [2.75, 3.05) is 0 Å². The molecule has 8 heteroatoms. The maximum Gasteiger partial charge on any atom is 0.0712 e. The van der Waals surface area contributed by atoms with E-state index in [-0.39, 0.29) is 0 Å². The van der Waals surface area contributed by atoms with Crippen molar-refractivity contribution in [2.45, 2.75) is 155 Å². The lowest BCUT2D eigenvalue weighted by Crippen LogP contribution is -1.84. The predicted molar refractivity (Wildman–Crippen MR) is 267 cm³/mol. The standard InChI is InChI=1S/C48H60Br2S6/c1-3-5-7-9-11-13-15-17-19-21-23-35-25-27-39(51-35)37-33-45(49)55-47(37)43-31-29-41(53-43)42-30-32-44(54-42)48-38(34-46(50)56-48)40-28-26-36(52-40)24-22-20-18-16-14-12-10-8-6-4-2/h25-34H,3-24H2,1-2H3. The van der Waals surface area contributed by atoms with Crippen molar-refractivity contribution in [1.29, 1.82) is 0 Å². The van der Waals surface area contributed by atoms with Gasteiger partial charge in [-0.15, -0.1) is 68.0 Å². The Morgan fingerprint density at radius 2 is 0.661 bits per heavy atom. The van der Waals surface area contributed by atoms with E-state index in [9.17, 15) is 0 Å². The van der Waals surface area contributed by atoms with E-state index in [2.05, 4.69) is 106 Å². The molecule has 0 unspecified atom stereocenters. The van der Waals surface area contributed by atoms with Crippen LogP contribution in [0.2, 0.25) is 0 Å². The van der Waals surface area contributed by atoms with E-state index in [0.29, 0.717) is 0 Å². The van der Waals surface area contributed by atoms with E-state index in [1.807, 2.05) is 68.0 Å². The summed E-state index contributed by atoms with van der Waals surface area (Å²) in [5, 5.41) is 0. The highest BCUT2D eigenvalue weighted by molar-refractivity contribution is 9.11. The summed E-state index contributed by atoms with van der Waals surface area (Å²) in [6, 6.07) is 23.5. The molecule has 0 aliphatic carbocycles. The van der Waals surface area contributed by atoms with Crippen molar-refractivity contribution in [3.63, 3.8) is 0 Å². The highest BCUT2D eigenvalue weighted by atomic mass is 79.9. The van der Waals surface area contributed by atoms with Gasteiger partial charge in [0, 0.05) is 50.1 Å². The molecule has 0 saturated carbocycles. The van der Waals surface area contributed by atoms with Gasteiger partial charge in [-0.1, -0.05) is 129 Å². The van der Waals surface area contributed by atoms with Crippen LogP contribution in [0.3, 0.4) is 0 Å². The van der Waals surface area contributed by atoms with Crippen LogP contribution >= 0.6 is 99.9 Å². The zero-order valence-electron chi connectivity index (χ0n) is 33.5. The fourth-order valence-electron chi connectivity index (χ4n) is 7.53. The molecule has 0 atom stereocenters. The van der Waals surface area contributed by atoms with Crippen molar-refractivity contribution >= 4 is 99.9 Å². The number of aryl methyl sites for hydroxylation is 2. The monoisotopic (exact) mass is 986 g/mol. The summed E-state index contributed by atoms with van der Waals surface area (Å²) in [5.41, 5.74) is 2.75. The van der Waals surface area contributed by atoms with Crippen molar-refractivity contribution < 1.29 is 0 Å². The fourth-order valence-corrected chi connectivity index (χ4v) is 15.4. The van der Waals surface area contributed by atoms with Crippen LogP contribution in [0.5, 0.6) is 0 Å². The van der Waals surface area contributed by atoms with E-state index in [4.69, 9.17) is 0 Å². The minimum Gasteiger partial charge on any atom is -0.140 e. The highest BCUT2D eigenvalue weighted by Crippen LogP contribution is 2.50. The maximum atomic E-state index is 3.84. The summed E-state index contributed by atoms with van der Waals surface area (Å²) in [7, 11) is 0. The van der Waals surface area contributed by atoms with Crippen LogP contribution in [-0.4, -0.2) is 0 Å². The minimum absolute atomic E-state index is 1.21. The van der Waals surface area contributed by atoms with E-state index in [1.54, 1.807) is 0 Å². The first kappa shape index (κ1) is 44.7. The van der Waals surface area contributed by atoms with Crippen LogP contribution in [0.25, 0.3) is 50.1 Å². The number of rotatable bonds is 27. The Balaban J connectivity index is 1.02. The molecule has 6 rings (SSSR count). The van der Waals surface area contributed by atoms with Gasteiger partial charge in [0.1, 0.15) is 0 Å². The lowest BCUT2D eigenvalue weighted by Gasteiger charge is -2.02. The van der Waals surface area contributed by atoms with E-state index >= 15 is 0 Å². The van der Waals surface area contributed by atoms with Crippen molar-refractivity contribution in [3.8, 4) is 50.1 Å². The van der Waals surface area contributed by atoms with Crippen LogP contribution in [-0.2, 0) is 12.8 Å². The van der Waals surface area contributed by atoms with Crippen LogP contribution in [0.1, 0.15) is 152 Å². The molecular formula is C48H60Br2S6. The Bertz CT molecular complexity index is 1850. The van der Waals surface area contributed by atoms with E-state index < -0.39 is 0 Å². The lowest BCUT2D eigenvalue weighted by molar-refractivity contribution is 0.557. The Kier molecular flexibility index (Phi) is 19.5. The molecule has 56 heavy (non-hydrogen) atoms. The SMILES string of the molecule is CCCCCCCCCCCCc1ccc(-c2cc(Br)sc2-c2ccc(-c3ccc(-c4sc(Br)cc4-c4ccc(CCCCCCCCCCCC)s4)s3)s2)s1. The zero-order valence-corrected chi connectivity index (χ0v) is 41.6. The smallest absolute Gasteiger partial charge is 0.0712 e. The third-order valence-electron chi connectivity index (χ3n) is 10.7. The summed E-state index contributed by atoms with van der Waals surface area (Å²) in [4.78, 5) is 14.0. The van der Waals surface area contributed by atoms with Gasteiger partial charge < -0.3 is 0 Å². The van der Waals surface area contributed by atoms with Gasteiger partial charge in [-0.3, -0.25) is 0 Å². The number of halogens is 2. The number of hydrogen-bond acceptors (Lipinski definition) is 6. The fraction of sp³-hybridized carbons (Fsp3) is 0.500. The van der Waals surface area contributed by atoms with Crippen LogP contribution in [0, 0.1) is 0 Å². The molecule has 6 aromatic heterocycles. The van der Waals surface area contributed by atoms with Gasteiger partial charge in [-0.2, -0.15) is 0 Å². The van der Waals surface area contributed by atoms with Crippen molar-refractivity contribution in [2.24, 2.45) is 0 Å². The molecule has 0 spiro atoms. The van der Waals surface area contributed by atoms with Crippen molar-refractivity contribution in [3.05, 3.63) is 78.0 Å². The molecule has 0 radical (unpaired) electrons. The Labute approximate surface area is 379 Å². The number of unbranched alkanes of at least 4 members (excludes halogenated alkanes) is 18. The van der Waals surface area contributed by atoms with Crippen LogP contribution in [0.4, 0.5) is 0 Å². The third kappa shape index (κ3) is 13.6. The minimum atomic E-state index is 1.21. The quantitative estimate of drug-likeness (QED) is 0.0451. The van der Waals surface area contributed by atoms with Crippen LogP contribution < -0.4 is 0 Å². The Morgan fingerprint density at radius 1 is 0.339 bits per heavy atom. The second kappa shape index (κ2) is 24.4. The number of thiophene rings is 6. The predicted octanol–water partition coefficient (Wildman–Crippen LogP) is 20.8. The van der Waals surface area contributed by atoms with E-state index in [1.165, 1.54) is 209 Å². The second-order valence-electron chi connectivity index (χ2n) is 15.3. The molecule has 0 aliphatic rings. The largest absolute Gasteiger partial charge is 0.140 e. The van der Waals surface area contributed by atoms with Gasteiger partial charge in [0.25, 0.3) is 0 Å². The molecule has 0 saturated heterocycles. The molecule has 0 nitrogen and oxygen atoms in total. The average molecular weight is 989 g/mol. The average Bonchev–Trinajstić information content (AvgIpc) is 4.05. The first-order valence-electron chi connectivity index (χ1n) is 21.5. The molecule has 0 N–H and O–H groups in total. The molecule has 0 bridgehead atoms. The van der Waals surface area contributed by atoms with Gasteiger partial charge >= 0.3 is 0 Å². The third-order valence-corrected chi connectivity index (χ3v) is 19.1. The van der Waals surface area contributed by atoms with Gasteiger partial charge in [0.05, 0.1) is 17.3 Å². The van der Waals surface area contributed by atoms with Gasteiger partial charge in [0.2, 0.25) is 0 Å². The number of hydrogen-bond donors (Lipinski definition) is 0. The summed E-state index contributed by atoms with van der Waals surface area (Å²) in [6.45, 7) is 4.60. The first-order valence-corrected chi connectivity index (χ1v) is 28.0. The highest BCUT2D eigenvalue weighted by Gasteiger charge is 2.19. The lowest BCUT2D eigenvalue weighted by atomic mass is 10.1. The molecule has 6 aromatic rings. The zero-order chi connectivity index (χ0) is 39.0. The first-order chi connectivity index (χ1) is 27.5. The molecule has 0 aromatic carbocycles.